The number of aromatic nitrogens is 4. The van der Waals surface area contributed by atoms with E-state index < -0.39 is 12.1 Å². The topological polar surface area (TPSA) is 136 Å². The molecule has 282 valence electrons. The molecule has 4 aromatic rings. The lowest BCUT2D eigenvalue weighted by Gasteiger charge is -2.37. The fourth-order valence-corrected chi connectivity index (χ4v) is 6.28. The van der Waals surface area contributed by atoms with Gasteiger partial charge in [0.05, 0.1) is 42.4 Å². The van der Waals surface area contributed by atoms with Gasteiger partial charge in [-0.25, -0.2) is 14.8 Å². The first-order chi connectivity index (χ1) is 25.5. The number of imidazole rings is 2. The molecule has 3 N–H and O–H groups in total. The van der Waals surface area contributed by atoms with Crippen molar-refractivity contribution in [2.45, 2.75) is 86.2 Å². The zero-order valence-electron chi connectivity index (χ0n) is 32.5. The van der Waals surface area contributed by atoms with Crippen LogP contribution < -0.4 is 5.32 Å². The Bertz CT molecular complexity index is 1900. The SMILES string of the molecule is CC.CC1=CCN(C(=O)CC(C)C)C1.COC(=O)NC(C(=O)N1CCCCC1c1nc2ccc(C#Cc3ccc(-c4cnc[nH]4)cc3)cc2[nH]1)C(C)C. The van der Waals surface area contributed by atoms with Gasteiger partial charge in [0.25, 0.3) is 0 Å². The summed E-state index contributed by atoms with van der Waals surface area (Å²) in [5.41, 5.74) is 6.82. The van der Waals surface area contributed by atoms with E-state index in [9.17, 15) is 14.4 Å². The van der Waals surface area contributed by atoms with Crippen molar-refractivity contribution in [2.75, 3.05) is 26.7 Å². The van der Waals surface area contributed by atoms with Gasteiger partial charge in [-0.05, 0) is 73.9 Å². The molecule has 2 aromatic carbocycles. The Morgan fingerprint density at radius 2 is 1.74 bits per heavy atom. The number of alkyl carbamates (subject to hydrolysis) is 1. The van der Waals surface area contributed by atoms with E-state index in [0.29, 0.717) is 18.9 Å². The number of nitrogens with one attached hydrogen (secondary N) is 3. The summed E-state index contributed by atoms with van der Waals surface area (Å²) in [6, 6.07) is 13.0. The first-order valence-corrected chi connectivity index (χ1v) is 18.7. The molecule has 2 aliphatic heterocycles. The molecular formula is C42H55N7O4. The highest BCUT2D eigenvalue weighted by atomic mass is 16.5. The van der Waals surface area contributed by atoms with Crippen LogP contribution in [-0.2, 0) is 14.3 Å². The molecule has 0 saturated carbocycles. The van der Waals surface area contributed by atoms with E-state index in [1.165, 1.54) is 12.7 Å². The third-order valence-corrected chi connectivity index (χ3v) is 9.07. The van der Waals surface area contributed by atoms with Gasteiger partial charge in [-0.1, -0.05) is 77.2 Å². The van der Waals surface area contributed by atoms with Crippen LogP contribution in [0.2, 0.25) is 0 Å². The van der Waals surface area contributed by atoms with Gasteiger partial charge >= 0.3 is 6.09 Å². The van der Waals surface area contributed by atoms with Crippen LogP contribution in [-0.4, -0.2) is 80.4 Å². The Balaban J connectivity index is 0.000000379. The number of nitrogens with zero attached hydrogens (tertiary/aromatic N) is 4. The van der Waals surface area contributed by atoms with E-state index >= 15 is 0 Å². The molecule has 0 spiro atoms. The van der Waals surface area contributed by atoms with Crippen LogP contribution in [0.15, 0.2) is 66.6 Å². The quantitative estimate of drug-likeness (QED) is 0.133. The number of likely N-dealkylation sites (tertiary alicyclic amines) is 1. The predicted molar refractivity (Wildman–Crippen MR) is 210 cm³/mol. The summed E-state index contributed by atoms with van der Waals surface area (Å²) in [7, 11) is 1.30. The lowest BCUT2D eigenvalue weighted by Crippen LogP contribution is -2.53. The molecule has 1 saturated heterocycles. The number of ether oxygens (including phenoxy) is 1. The number of carbonyl (C=O) groups excluding carboxylic acids is 3. The zero-order chi connectivity index (χ0) is 38.5. The largest absolute Gasteiger partial charge is 0.453 e. The van der Waals surface area contributed by atoms with Crippen LogP contribution in [0.25, 0.3) is 22.3 Å². The fourth-order valence-electron chi connectivity index (χ4n) is 6.28. The van der Waals surface area contributed by atoms with Crippen molar-refractivity contribution in [1.29, 1.82) is 0 Å². The molecule has 2 atom stereocenters. The second kappa shape index (κ2) is 19.5. The third-order valence-electron chi connectivity index (χ3n) is 9.07. The monoisotopic (exact) mass is 721 g/mol. The van der Waals surface area contributed by atoms with Gasteiger partial charge in [0.15, 0.2) is 0 Å². The molecule has 1 fully saturated rings. The maximum Gasteiger partial charge on any atom is 0.407 e. The van der Waals surface area contributed by atoms with E-state index in [4.69, 9.17) is 9.72 Å². The molecule has 2 unspecified atom stereocenters. The molecule has 11 heteroatoms. The lowest BCUT2D eigenvalue weighted by molar-refractivity contribution is -0.138. The van der Waals surface area contributed by atoms with Crippen molar-refractivity contribution in [2.24, 2.45) is 11.8 Å². The van der Waals surface area contributed by atoms with Crippen molar-refractivity contribution in [3.8, 4) is 23.1 Å². The number of hydrogen-bond donors (Lipinski definition) is 3. The molecule has 6 rings (SSSR count). The number of benzene rings is 2. The lowest BCUT2D eigenvalue weighted by atomic mass is 9.97. The van der Waals surface area contributed by atoms with Gasteiger partial charge in [-0.2, -0.15) is 0 Å². The smallest absolute Gasteiger partial charge is 0.407 e. The minimum atomic E-state index is -0.669. The number of piperidine rings is 1. The summed E-state index contributed by atoms with van der Waals surface area (Å²) < 4.78 is 4.75. The molecule has 3 amide bonds. The van der Waals surface area contributed by atoms with Crippen molar-refractivity contribution in [3.05, 3.63) is 83.6 Å². The molecule has 0 aliphatic carbocycles. The molecule has 11 nitrogen and oxygen atoms in total. The summed E-state index contributed by atoms with van der Waals surface area (Å²) in [5, 5.41) is 2.70. The summed E-state index contributed by atoms with van der Waals surface area (Å²) in [4.78, 5) is 56.1. The van der Waals surface area contributed by atoms with Crippen LogP contribution in [0.4, 0.5) is 4.79 Å². The van der Waals surface area contributed by atoms with E-state index in [1.54, 1.807) is 12.5 Å². The molecule has 0 radical (unpaired) electrons. The number of methoxy groups -OCH3 is 1. The second-order valence-electron chi connectivity index (χ2n) is 14.0. The molecule has 2 aliphatic rings. The van der Waals surface area contributed by atoms with Gasteiger partial charge in [0.1, 0.15) is 11.9 Å². The Hall–Kier alpha value is -5.37. The number of carbonyl (C=O) groups is 3. The molecule has 0 bridgehead atoms. The van der Waals surface area contributed by atoms with E-state index in [1.807, 2.05) is 80.0 Å². The fraction of sp³-hybridized carbons (Fsp3) is 0.452. The molecule has 2 aromatic heterocycles. The van der Waals surface area contributed by atoms with Crippen molar-refractivity contribution >= 4 is 28.9 Å². The Kier molecular flexibility index (Phi) is 14.8. The average molecular weight is 722 g/mol. The summed E-state index contributed by atoms with van der Waals surface area (Å²) in [5.74, 6) is 7.77. The standard InChI is InChI=1S/C30H32N6O3.C10H17NO.C2H6/c1-19(2)27(35-30(38)39-3)29(37)36-15-5-4-6-26(36)28-33-23-14-11-21(16-24(23)34-28)8-7-20-9-12-22(13-10-20)25-17-31-18-32-25;1-8(2)6-10(12)11-5-4-9(3)7-11;1-2/h9-14,16-19,26-27H,4-6,15H2,1-3H3,(H,31,32)(H,33,34)(H,35,38);4,8H,5-7H2,1-3H3;1-2H3. The van der Waals surface area contributed by atoms with Gasteiger partial charge in [0.2, 0.25) is 11.8 Å². The van der Waals surface area contributed by atoms with Crippen LogP contribution in [0.1, 0.15) is 97.1 Å². The molecule has 4 heterocycles. The third kappa shape index (κ3) is 11.1. The highest BCUT2D eigenvalue weighted by molar-refractivity contribution is 5.86. The highest BCUT2D eigenvalue weighted by Gasteiger charge is 2.36. The Labute approximate surface area is 314 Å². The van der Waals surface area contributed by atoms with E-state index in [0.717, 1.165) is 71.6 Å². The van der Waals surface area contributed by atoms with Crippen molar-refractivity contribution in [3.63, 3.8) is 0 Å². The zero-order valence-corrected chi connectivity index (χ0v) is 32.5. The molecule has 53 heavy (non-hydrogen) atoms. The minimum Gasteiger partial charge on any atom is -0.453 e. The van der Waals surface area contributed by atoms with Crippen molar-refractivity contribution < 1.29 is 19.1 Å². The van der Waals surface area contributed by atoms with Gasteiger partial charge in [-0.15, -0.1) is 0 Å². The first kappa shape index (κ1) is 40.4. The maximum absolute atomic E-state index is 13.5. The number of hydrogen-bond acceptors (Lipinski definition) is 6. The number of amides is 3. The van der Waals surface area contributed by atoms with Crippen LogP contribution in [0, 0.1) is 23.7 Å². The Morgan fingerprint density at radius 1 is 1.02 bits per heavy atom. The second-order valence-corrected chi connectivity index (χ2v) is 14.0. The molecular weight excluding hydrogens is 667 g/mol. The van der Waals surface area contributed by atoms with Crippen LogP contribution >= 0.6 is 0 Å². The number of fused-ring (bicyclic) bond motifs is 1. The number of rotatable bonds is 7. The van der Waals surface area contributed by atoms with E-state index in [2.05, 4.69) is 59.0 Å². The van der Waals surface area contributed by atoms with Crippen LogP contribution in [0.5, 0.6) is 0 Å². The number of aromatic amines is 2. The minimum absolute atomic E-state index is 0.0855. The maximum atomic E-state index is 13.5. The Morgan fingerprint density at radius 3 is 2.36 bits per heavy atom. The van der Waals surface area contributed by atoms with Gasteiger partial charge in [-0.3, -0.25) is 9.59 Å². The number of H-pyrrole nitrogens is 2. The summed E-state index contributed by atoms with van der Waals surface area (Å²) >= 11 is 0. The summed E-state index contributed by atoms with van der Waals surface area (Å²) in [6.07, 6.45) is 8.36. The van der Waals surface area contributed by atoms with Gasteiger partial charge in [0, 0.05) is 37.2 Å². The van der Waals surface area contributed by atoms with Crippen LogP contribution in [0.3, 0.4) is 0 Å². The average Bonchev–Trinajstić information content (AvgIpc) is 3.95. The first-order valence-electron chi connectivity index (χ1n) is 18.7. The van der Waals surface area contributed by atoms with E-state index in [-0.39, 0.29) is 23.8 Å². The van der Waals surface area contributed by atoms with Gasteiger partial charge < -0.3 is 29.8 Å². The normalized spacial score (nSPS) is 15.7. The summed E-state index contributed by atoms with van der Waals surface area (Å²) in [6.45, 7) is 16.3. The van der Waals surface area contributed by atoms with Crippen molar-refractivity contribution in [1.82, 2.24) is 35.1 Å². The predicted octanol–water partition coefficient (Wildman–Crippen LogP) is 7.63. The highest BCUT2D eigenvalue weighted by Crippen LogP contribution is 2.32.